The Hall–Kier alpha value is -0.930. The Morgan fingerprint density at radius 2 is 2.06 bits per heavy atom. The molecule has 90 valence electrons. The monoisotopic (exact) mass is 225 g/mol. The SMILES string of the molecule is CCCCCOC(CN)c1ccccc1F. The molecule has 0 aliphatic heterocycles. The van der Waals surface area contributed by atoms with Gasteiger partial charge in [-0.05, 0) is 12.5 Å². The lowest BCUT2D eigenvalue weighted by atomic mass is 10.1. The van der Waals surface area contributed by atoms with Gasteiger partial charge in [0, 0.05) is 18.7 Å². The van der Waals surface area contributed by atoms with Crippen molar-refractivity contribution in [2.75, 3.05) is 13.2 Å². The fraction of sp³-hybridized carbons (Fsp3) is 0.538. The first-order valence-corrected chi connectivity index (χ1v) is 5.85. The van der Waals surface area contributed by atoms with E-state index in [-0.39, 0.29) is 11.9 Å². The van der Waals surface area contributed by atoms with Gasteiger partial charge in [0.2, 0.25) is 0 Å². The zero-order valence-corrected chi connectivity index (χ0v) is 9.79. The molecule has 1 aromatic rings. The summed E-state index contributed by atoms with van der Waals surface area (Å²) in [6.07, 6.45) is 2.96. The van der Waals surface area contributed by atoms with E-state index in [0.717, 1.165) is 19.3 Å². The maximum Gasteiger partial charge on any atom is 0.129 e. The second-order valence-electron chi connectivity index (χ2n) is 3.82. The maximum absolute atomic E-state index is 13.5. The average molecular weight is 225 g/mol. The van der Waals surface area contributed by atoms with Crippen LogP contribution in [0.2, 0.25) is 0 Å². The number of nitrogens with two attached hydrogens (primary N) is 1. The molecular formula is C13H20FNO. The largest absolute Gasteiger partial charge is 0.372 e. The van der Waals surface area contributed by atoms with Gasteiger partial charge in [0.05, 0.1) is 6.10 Å². The Bertz CT molecular complexity index is 304. The zero-order valence-electron chi connectivity index (χ0n) is 9.79. The van der Waals surface area contributed by atoms with Crippen molar-refractivity contribution in [2.45, 2.75) is 32.3 Å². The highest BCUT2D eigenvalue weighted by molar-refractivity contribution is 5.20. The van der Waals surface area contributed by atoms with E-state index in [1.807, 2.05) is 0 Å². The van der Waals surface area contributed by atoms with Crippen molar-refractivity contribution in [1.82, 2.24) is 0 Å². The van der Waals surface area contributed by atoms with E-state index in [2.05, 4.69) is 6.92 Å². The van der Waals surface area contributed by atoms with Crippen LogP contribution < -0.4 is 5.73 Å². The van der Waals surface area contributed by atoms with Gasteiger partial charge in [-0.15, -0.1) is 0 Å². The minimum atomic E-state index is -0.321. The lowest BCUT2D eigenvalue weighted by Gasteiger charge is -2.16. The third-order valence-corrected chi connectivity index (χ3v) is 2.53. The Morgan fingerprint density at radius 3 is 2.69 bits per heavy atom. The highest BCUT2D eigenvalue weighted by Gasteiger charge is 2.13. The highest BCUT2D eigenvalue weighted by atomic mass is 19.1. The lowest BCUT2D eigenvalue weighted by Crippen LogP contribution is -2.17. The van der Waals surface area contributed by atoms with E-state index in [1.165, 1.54) is 6.07 Å². The number of rotatable bonds is 7. The molecule has 2 nitrogen and oxygen atoms in total. The summed E-state index contributed by atoms with van der Waals surface area (Å²) in [5, 5.41) is 0. The van der Waals surface area contributed by atoms with E-state index >= 15 is 0 Å². The van der Waals surface area contributed by atoms with Crippen LogP contribution in [0, 0.1) is 5.82 Å². The molecule has 0 bridgehead atoms. The van der Waals surface area contributed by atoms with Crippen molar-refractivity contribution in [3.63, 3.8) is 0 Å². The molecule has 3 heteroatoms. The summed E-state index contributed by atoms with van der Waals surface area (Å²) in [6.45, 7) is 3.09. The number of halogens is 1. The molecule has 0 saturated carbocycles. The first-order chi connectivity index (χ1) is 7.79. The van der Waals surface area contributed by atoms with Gasteiger partial charge in [0.25, 0.3) is 0 Å². The molecule has 1 unspecified atom stereocenters. The Morgan fingerprint density at radius 1 is 1.31 bits per heavy atom. The summed E-state index contributed by atoms with van der Waals surface area (Å²) < 4.78 is 19.1. The van der Waals surface area contributed by atoms with Crippen LogP contribution in [-0.4, -0.2) is 13.2 Å². The van der Waals surface area contributed by atoms with Crippen LogP contribution in [-0.2, 0) is 4.74 Å². The van der Waals surface area contributed by atoms with E-state index in [1.54, 1.807) is 18.2 Å². The molecule has 0 aliphatic carbocycles. The van der Waals surface area contributed by atoms with Gasteiger partial charge in [-0.3, -0.25) is 0 Å². The first-order valence-electron chi connectivity index (χ1n) is 5.85. The number of hydrogen-bond donors (Lipinski definition) is 1. The number of ether oxygens (including phenoxy) is 1. The molecule has 0 heterocycles. The Balaban J connectivity index is 2.51. The quantitative estimate of drug-likeness (QED) is 0.724. The molecule has 0 saturated heterocycles. The fourth-order valence-electron chi connectivity index (χ4n) is 1.60. The molecule has 0 aromatic heterocycles. The van der Waals surface area contributed by atoms with Crippen molar-refractivity contribution in [3.8, 4) is 0 Å². The summed E-state index contributed by atoms with van der Waals surface area (Å²) in [6, 6.07) is 6.64. The van der Waals surface area contributed by atoms with E-state index in [4.69, 9.17) is 10.5 Å². The van der Waals surface area contributed by atoms with Gasteiger partial charge in [-0.1, -0.05) is 38.0 Å². The third-order valence-electron chi connectivity index (χ3n) is 2.53. The van der Waals surface area contributed by atoms with Crippen LogP contribution in [0.4, 0.5) is 4.39 Å². The maximum atomic E-state index is 13.5. The van der Waals surface area contributed by atoms with Crippen molar-refractivity contribution >= 4 is 0 Å². The average Bonchev–Trinajstić information content (AvgIpc) is 2.31. The normalized spacial score (nSPS) is 12.7. The molecule has 0 aliphatic rings. The Labute approximate surface area is 96.6 Å². The van der Waals surface area contributed by atoms with Crippen molar-refractivity contribution in [1.29, 1.82) is 0 Å². The molecule has 1 atom stereocenters. The predicted molar refractivity (Wildman–Crippen MR) is 63.7 cm³/mol. The second kappa shape index (κ2) is 7.36. The second-order valence-corrected chi connectivity index (χ2v) is 3.82. The van der Waals surface area contributed by atoms with E-state index < -0.39 is 0 Å². The highest BCUT2D eigenvalue weighted by Crippen LogP contribution is 2.19. The van der Waals surface area contributed by atoms with Crippen molar-refractivity contribution in [2.24, 2.45) is 5.73 Å². The summed E-state index contributed by atoms with van der Waals surface area (Å²) in [5.74, 6) is -0.242. The topological polar surface area (TPSA) is 35.2 Å². The third kappa shape index (κ3) is 3.91. The molecule has 0 fully saturated rings. The van der Waals surface area contributed by atoms with Crippen LogP contribution in [0.3, 0.4) is 0 Å². The van der Waals surface area contributed by atoms with Gasteiger partial charge in [0.15, 0.2) is 0 Å². The van der Waals surface area contributed by atoms with E-state index in [9.17, 15) is 4.39 Å². The number of benzene rings is 1. The van der Waals surface area contributed by atoms with Gasteiger partial charge >= 0.3 is 0 Å². The van der Waals surface area contributed by atoms with Crippen molar-refractivity contribution in [3.05, 3.63) is 35.6 Å². The molecular weight excluding hydrogens is 205 g/mol. The summed E-state index contributed by atoms with van der Waals surface area (Å²) in [7, 11) is 0. The van der Waals surface area contributed by atoms with Gasteiger partial charge in [-0.25, -0.2) is 4.39 Å². The number of unbranched alkanes of at least 4 members (excludes halogenated alkanes) is 2. The molecule has 0 amide bonds. The zero-order chi connectivity index (χ0) is 11.8. The smallest absolute Gasteiger partial charge is 0.129 e. The molecule has 0 radical (unpaired) electrons. The molecule has 16 heavy (non-hydrogen) atoms. The van der Waals surface area contributed by atoms with Crippen molar-refractivity contribution < 1.29 is 9.13 Å². The van der Waals surface area contributed by atoms with Gasteiger partial charge in [-0.2, -0.15) is 0 Å². The first kappa shape index (κ1) is 13.1. The fourth-order valence-corrected chi connectivity index (χ4v) is 1.60. The lowest BCUT2D eigenvalue weighted by molar-refractivity contribution is 0.0536. The summed E-state index contributed by atoms with van der Waals surface area (Å²) >= 11 is 0. The molecule has 0 spiro atoms. The minimum Gasteiger partial charge on any atom is -0.372 e. The predicted octanol–water partition coefficient (Wildman–Crippen LogP) is 3.03. The minimum absolute atomic E-state index is 0.242. The molecule has 1 rings (SSSR count). The number of hydrogen-bond acceptors (Lipinski definition) is 2. The van der Waals surface area contributed by atoms with E-state index in [0.29, 0.717) is 18.7 Å². The van der Waals surface area contributed by atoms with Crippen LogP contribution in [0.5, 0.6) is 0 Å². The van der Waals surface area contributed by atoms with Gasteiger partial charge < -0.3 is 10.5 Å². The van der Waals surface area contributed by atoms with Crippen LogP contribution in [0.25, 0.3) is 0 Å². The van der Waals surface area contributed by atoms with Crippen LogP contribution >= 0.6 is 0 Å². The molecule has 1 aromatic carbocycles. The summed E-state index contributed by atoms with van der Waals surface area (Å²) in [5.41, 5.74) is 6.15. The Kier molecular flexibility index (Phi) is 6.04. The van der Waals surface area contributed by atoms with Gasteiger partial charge in [0.1, 0.15) is 5.82 Å². The van der Waals surface area contributed by atoms with Crippen LogP contribution in [0.15, 0.2) is 24.3 Å². The van der Waals surface area contributed by atoms with Crippen LogP contribution in [0.1, 0.15) is 37.9 Å². The standard InChI is InChI=1S/C13H20FNO/c1-2-3-6-9-16-13(10-15)11-7-4-5-8-12(11)14/h4-5,7-8,13H,2-3,6,9-10,15H2,1H3. The summed E-state index contributed by atoms with van der Waals surface area (Å²) in [4.78, 5) is 0. The molecule has 2 N–H and O–H groups in total.